The summed E-state index contributed by atoms with van der Waals surface area (Å²) in [6.07, 6.45) is 0.745. The molecule has 2 aromatic carbocycles. The van der Waals surface area contributed by atoms with E-state index >= 15 is 0 Å². The second kappa shape index (κ2) is 7.81. The summed E-state index contributed by atoms with van der Waals surface area (Å²) >= 11 is 0. The van der Waals surface area contributed by atoms with E-state index in [2.05, 4.69) is 5.32 Å². The van der Waals surface area contributed by atoms with Gasteiger partial charge in [-0.3, -0.25) is 4.79 Å². The van der Waals surface area contributed by atoms with E-state index in [1.54, 1.807) is 6.07 Å². The van der Waals surface area contributed by atoms with E-state index in [0.29, 0.717) is 11.3 Å². The lowest BCUT2D eigenvalue weighted by Crippen LogP contribution is -2.45. The molecule has 0 radical (unpaired) electrons. The molecule has 0 spiro atoms. The van der Waals surface area contributed by atoms with Crippen LogP contribution in [0.1, 0.15) is 30.6 Å². The van der Waals surface area contributed by atoms with Gasteiger partial charge in [-0.2, -0.15) is 0 Å². The summed E-state index contributed by atoms with van der Waals surface area (Å²) in [6.45, 7) is 3.86. The molecule has 5 nitrogen and oxygen atoms in total. The summed E-state index contributed by atoms with van der Waals surface area (Å²) in [5.41, 5.74) is 0.397. The molecule has 0 saturated carbocycles. The van der Waals surface area contributed by atoms with Gasteiger partial charge in [0.05, 0.1) is 19.8 Å². The molecule has 0 saturated heterocycles. The summed E-state index contributed by atoms with van der Waals surface area (Å²) in [4.78, 5) is 24.7. The first-order valence-electron chi connectivity index (χ1n) is 7.97. The Kier molecular flexibility index (Phi) is 5.79. The maximum Gasteiger partial charge on any atom is 0.328 e. The van der Waals surface area contributed by atoms with Crippen molar-refractivity contribution >= 4 is 22.6 Å². The largest absolute Gasteiger partial charge is 0.496 e. The monoisotopic (exact) mass is 329 g/mol. The third-order valence-electron chi connectivity index (χ3n) is 4.27. The summed E-state index contributed by atoms with van der Waals surface area (Å²) in [6, 6.07) is 10.6. The summed E-state index contributed by atoms with van der Waals surface area (Å²) in [5.74, 6) is -0.363. The van der Waals surface area contributed by atoms with Gasteiger partial charge in [-0.05, 0) is 28.8 Å². The predicted molar refractivity (Wildman–Crippen MR) is 93.2 cm³/mol. The minimum Gasteiger partial charge on any atom is -0.496 e. The van der Waals surface area contributed by atoms with Crippen molar-refractivity contribution < 1.29 is 19.1 Å². The Balaban J connectivity index is 2.37. The molecular formula is C19H23NO4. The smallest absolute Gasteiger partial charge is 0.328 e. The second-order valence-corrected chi connectivity index (χ2v) is 5.76. The minimum atomic E-state index is -0.691. The fraction of sp³-hybridized carbons (Fsp3) is 0.368. The van der Waals surface area contributed by atoms with Crippen LogP contribution in [0.3, 0.4) is 0 Å². The van der Waals surface area contributed by atoms with E-state index in [4.69, 9.17) is 9.47 Å². The van der Waals surface area contributed by atoms with Crippen molar-refractivity contribution in [3.05, 3.63) is 42.0 Å². The first kappa shape index (κ1) is 17.8. The molecule has 2 rings (SSSR count). The quantitative estimate of drug-likeness (QED) is 0.827. The predicted octanol–water partition coefficient (Wildman–Crippen LogP) is 3.17. The van der Waals surface area contributed by atoms with Gasteiger partial charge in [-0.1, -0.05) is 44.5 Å². The maximum absolute atomic E-state index is 12.7. The zero-order valence-electron chi connectivity index (χ0n) is 14.5. The van der Waals surface area contributed by atoms with E-state index < -0.39 is 12.0 Å². The zero-order chi connectivity index (χ0) is 17.7. The fourth-order valence-corrected chi connectivity index (χ4v) is 2.58. The van der Waals surface area contributed by atoms with E-state index in [0.717, 1.165) is 17.2 Å². The normalized spacial score (nSPS) is 13.2. The molecule has 0 bridgehead atoms. The molecule has 0 aliphatic carbocycles. The van der Waals surface area contributed by atoms with Crippen LogP contribution in [0.5, 0.6) is 5.75 Å². The molecule has 0 aliphatic heterocycles. The molecule has 2 unspecified atom stereocenters. The summed E-state index contributed by atoms with van der Waals surface area (Å²) in [7, 11) is 2.84. The number of benzene rings is 2. The van der Waals surface area contributed by atoms with Crippen LogP contribution in [-0.4, -0.2) is 32.1 Å². The average Bonchev–Trinajstić information content (AvgIpc) is 2.63. The lowest BCUT2D eigenvalue weighted by molar-refractivity contribution is -0.144. The van der Waals surface area contributed by atoms with E-state index in [1.165, 1.54) is 14.2 Å². The Labute approximate surface area is 141 Å². The van der Waals surface area contributed by atoms with Crippen LogP contribution in [0.4, 0.5) is 0 Å². The molecule has 0 aromatic heterocycles. The van der Waals surface area contributed by atoms with Crippen LogP contribution in [0, 0.1) is 5.92 Å². The van der Waals surface area contributed by atoms with Crippen molar-refractivity contribution in [3.8, 4) is 5.75 Å². The Morgan fingerprint density at radius 2 is 1.75 bits per heavy atom. The van der Waals surface area contributed by atoms with Crippen LogP contribution >= 0.6 is 0 Å². The Bertz CT molecular complexity index is 741. The summed E-state index contributed by atoms with van der Waals surface area (Å²) < 4.78 is 10.2. The first-order valence-corrected chi connectivity index (χ1v) is 7.97. The number of esters is 1. The third-order valence-corrected chi connectivity index (χ3v) is 4.27. The number of methoxy groups -OCH3 is 2. The maximum atomic E-state index is 12.7. The first-order chi connectivity index (χ1) is 11.5. The minimum absolute atomic E-state index is 0.0344. The van der Waals surface area contributed by atoms with Gasteiger partial charge in [0.25, 0.3) is 5.91 Å². The third kappa shape index (κ3) is 3.67. The molecule has 1 amide bonds. The highest BCUT2D eigenvalue weighted by Gasteiger charge is 2.28. The highest BCUT2D eigenvalue weighted by Crippen LogP contribution is 2.26. The molecule has 0 fully saturated rings. The Morgan fingerprint density at radius 1 is 1.12 bits per heavy atom. The van der Waals surface area contributed by atoms with Crippen LogP contribution in [0.15, 0.2) is 36.4 Å². The SMILES string of the molecule is CCC(C)C(NC(=O)c1cc2ccccc2cc1OC)C(=O)OC. The number of rotatable bonds is 6. The number of ether oxygens (including phenoxy) is 2. The second-order valence-electron chi connectivity index (χ2n) is 5.76. The van der Waals surface area contributed by atoms with Crippen molar-refractivity contribution in [1.82, 2.24) is 5.32 Å². The van der Waals surface area contributed by atoms with Gasteiger partial charge in [0, 0.05) is 0 Å². The van der Waals surface area contributed by atoms with E-state index in [-0.39, 0.29) is 11.8 Å². The molecule has 24 heavy (non-hydrogen) atoms. The summed E-state index contributed by atoms with van der Waals surface area (Å²) in [5, 5.41) is 4.70. The van der Waals surface area contributed by atoms with Crippen molar-refractivity contribution in [3.63, 3.8) is 0 Å². The van der Waals surface area contributed by atoms with Crippen LogP contribution in [0.2, 0.25) is 0 Å². The van der Waals surface area contributed by atoms with Gasteiger partial charge in [0.15, 0.2) is 0 Å². The van der Waals surface area contributed by atoms with Gasteiger partial charge < -0.3 is 14.8 Å². The molecule has 0 heterocycles. The van der Waals surface area contributed by atoms with Crippen molar-refractivity contribution in [1.29, 1.82) is 0 Å². The van der Waals surface area contributed by atoms with Crippen LogP contribution in [0.25, 0.3) is 10.8 Å². The number of nitrogens with one attached hydrogen (secondary N) is 1. The number of carbonyl (C=O) groups excluding carboxylic acids is 2. The van der Waals surface area contributed by atoms with Crippen LogP contribution < -0.4 is 10.1 Å². The van der Waals surface area contributed by atoms with E-state index in [9.17, 15) is 9.59 Å². The molecule has 0 aliphatic rings. The molecule has 2 atom stereocenters. The number of carbonyl (C=O) groups is 2. The van der Waals surface area contributed by atoms with Gasteiger partial charge in [-0.25, -0.2) is 4.79 Å². The molecule has 1 N–H and O–H groups in total. The Morgan fingerprint density at radius 3 is 2.29 bits per heavy atom. The van der Waals surface area contributed by atoms with Crippen molar-refractivity contribution in [2.75, 3.05) is 14.2 Å². The van der Waals surface area contributed by atoms with Gasteiger partial charge in [-0.15, -0.1) is 0 Å². The standard InChI is InChI=1S/C19H23NO4/c1-5-12(2)17(19(22)24-4)20-18(21)15-10-13-8-6-7-9-14(13)11-16(15)23-3/h6-12,17H,5H2,1-4H3,(H,20,21). The molecule has 128 valence electrons. The van der Waals surface area contributed by atoms with Gasteiger partial charge >= 0.3 is 5.97 Å². The van der Waals surface area contributed by atoms with Crippen molar-refractivity contribution in [2.45, 2.75) is 26.3 Å². The number of hydrogen-bond donors (Lipinski definition) is 1. The molecule has 5 heteroatoms. The number of fused-ring (bicyclic) bond motifs is 1. The number of amides is 1. The number of hydrogen-bond acceptors (Lipinski definition) is 4. The highest BCUT2D eigenvalue weighted by atomic mass is 16.5. The van der Waals surface area contributed by atoms with Gasteiger partial charge in [0.2, 0.25) is 0 Å². The molecule has 2 aromatic rings. The lowest BCUT2D eigenvalue weighted by Gasteiger charge is -2.22. The highest BCUT2D eigenvalue weighted by molar-refractivity contribution is 6.03. The lowest BCUT2D eigenvalue weighted by atomic mass is 9.98. The Hall–Kier alpha value is -2.56. The topological polar surface area (TPSA) is 64.6 Å². The van der Waals surface area contributed by atoms with Crippen LogP contribution in [-0.2, 0) is 9.53 Å². The zero-order valence-corrected chi connectivity index (χ0v) is 14.5. The van der Waals surface area contributed by atoms with Gasteiger partial charge in [0.1, 0.15) is 11.8 Å². The van der Waals surface area contributed by atoms with E-state index in [1.807, 2.05) is 44.2 Å². The fourth-order valence-electron chi connectivity index (χ4n) is 2.58. The average molecular weight is 329 g/mol. The van der Waals surface area contributed by atoms with Crippen molar-refractivity contribution in [2.24, 2.45) is 5.92 Å². The molecular weight excluding hydrogens is 306 g/mol.